The number of fused-ring (bicyclic) bond motifs is 1. The average molecular weight is 330 g/mol. The first kappa shape index (κ1) is 16.3. The number of Topliss-reactive ketones (excluding diaryl/α,β-unsaturated/α-hetero) is 1. The van der Waals surface area contributed by atoms with E-state index < -0.39 is 23.5 Å². The van der Waals surface area contributed by atoms with Crippen molar-refractivity contribution in [1.82, 2.24) is 0 Å². The third kappa shape index (κ3) is 2.94. The second-order valence-corrected chi connectivity index (χ2v) is 5.84. The zero-order valence-corrected chi connectivity index (χ0v) is 13.1. The van der Waals surface area contributed by atoms with Crippen molar-refractivity contribution in [2.24, 2.45) is 0 Å². The Labute approximate surface area is 138 Å². The maximum absolute atomic E-state index is 14.1. The summed E-state index contributed by atoms with van der Waals surface area (Å²) < 4.78 is 31.9. The van der Waals surface area contributed by atoms with Gasteiger partial charge in [0.25, 0.3) is 0 Å². The first-order valence-electron chi connectivity index (χ1n) is 7.71. The van der Waals surface area contributed by atoms with E-state index in [1.807, 2.05) is 0 Å². The quantitative estimate of drug-likeness (QED) is 0.616. The molecule has 0 heterocycles. The monoisotopic (exact) mass is 330 g/mol. The van der Waals surface area contributed by atoms with Crippen molar-refractivity contribution in [1.29, 1.82) is 0 Å². The Morgan fingerprint density at radius 1 is 1.17 bits per heavy atom. The van der Waals surface area contributed by atoms with Crippen LogP contribution in [0.25, 0.3) is 0 Å². The molecule has 0 saturated heterocycles. The minimum absolute atomic E-state index is 0.204. The number of hydrogen-bond acceptors (Lipinski definition) is 3. The third-order valence-corrected chi connectivity index (χ3v) is 4.39. The van der Waals surface area contributed by atoms with Crippen LogP contribution >= 0.6 is 0 Å². The maximum Gasteiger partial charge on any atom is 0.337 e. The highest BCUT2D eigenvalue weighted by atomic mass is 19.1. The van der Waals surface area contributed by atoms with Crippen LogP contribution in [-0.4, -0.2) is 18.9 Å². The lowest BCUT2D eigenvalue weighted by Gasteiger charge is -2.15. The summed E-state index contributed by atoms with van der Waals surface area (Å²) in [7, 11) is 1.30. The van der Waals surface area contributed by atoms with E-state index in [0.29, 0.717) is 30.4 Å². The zero-order chi connectivity index (χ0) is 17.3. The second-order valence-electron chi connectivity index (χ2n) is 5.84. The van der Waals surface area contributed by atoms with Crippen LogP contribution in [0.4, 0.5) is 8.78 Å². The molecule has 0 radical (unpaired) electrons. The highest BCUT2D eigenvalue weighted by molar-refractivity contribution is 6.03. The lowest BCUT2D eigenvalue weighted by atomic mass is 9.88. The standard InChI is InChI=1S/C19H16F2O3/c1-24-19(23)12-5-7-14-11(9-12)3-2-4-16(18(14)22)15-8-6-13(20)10-17(15)21/h5-10,16H,2-4H2,1H3. The average Bonchev–Trinajstić information content (AvgIpc) is 2.73. The predicted octanol–water partition coefficient (Wildman–Crippen LogP) is 4.05. The van der Waals surface area contributed by atoms with E-state index in [0.717, 1.165) is 17.7 Å². The van der Waals surface area contributed by atoms with Crippen molar-refractivity contribution in [3.8, 4) is 0 Å². The van der Waals surface area contributed by atoms with Gasteiger partial charge in [0.2, 0.25) is 0 Å². The normalized spacial score (nSPS) is 17.1. The number of halogens is 2. The molecular weight excluding hydrogens is 314 g/mol. The number of esters is 1. The largest absolute Gasteiger partial charge is 0.465 e. The summed E-state index contributed by atoms with van der Waals surface area (Å²) in [6.07, 6.45) is 1.76. The summed E-state index contributed by atoms with van der Waals surface area (Å²) in [5.74, 6) is -2.68. The minimum Gasteiger partial charge on any atom is -0.465 e. The molecule has 0 saturated carbocycles. The molecule has 5 heteroatoms. The van der Waals surface area contributed by atoms with E-state index in [2.05, 4.69) is 0 Å². The molecule has 124 valence electrons. The second kappa shape index (κ2) is 6.51. The molecule has 1 atom stereocenters. The van der Waals surface area contributed by atoms with Gasteiger partial charge in [-0.05, 0) is 48.6 Å². The van der Waals surface area contributed by atoms with Crippen LogP contribution in [0.15, 0.2) is 36.4 Å². The zero-order valence-electron chi connectivity index (χ0n) is 13.1. The molecular formula is C19H16F2O3. The fraction of sp³-hybridized carbons (Fsp3) is 0.263. The van der Waals surface area contributed by atoms with Crippen molar-refractivity contribution in [3.63, 3.8) is 0 Å². The first-order chi connectivity index (χ1) is 11.5. The van der Waals surface area contributed by atoms with E-state index in [1.54, 1.807) is 12.1 Å². The fourth-order valence-corrected chi connectivity index (χ4v) is 3.18. The number of carbonyl (C=O) groups is 2. The Balaban J connectivity index is 2.00. The molecule has 1 aliphatic carbocycles. The lowest BCUT2D eigenvalue weighted by molar-refractivity contribution is 0.0600. The SMILES string of the molecule is COC(=O)c1ccc2c(c1)CCCC(c1ccc(F)cc1F)C2=O. The fourth-order valence-electron chi connectivity index (χ4n) is 3.18. The van der Waals surface area contributed by atoms with E-state index >= 15 is 0 Å². The van der Waals surface area contributed by atoms with Gasteiger partial charge in [0.15, 0.2) is 5.78 Å². The molecule has 0 N–H and O–H groups in total. The molecule has 0 bridgehead atoms. The minimum atomic E-state index is -0.706. The van der Waals surface area contributed by atoms with E-state index in [9.17, 15) is 18.4 Å². The molecule has 2 aromatic rings. The molecule has 0 fully saturated rings. The molecule has 3 rings (SSSR count). The van der Waals surface area contributed by atoms with Crippen molar-refractivity contribution in [2.75, 3.05) is 7.11 Å². The van der Waals surface area contributed by atoms with E-state index in [4.69, 9.17) is 4.74 Å². The highest BCUT2D eigenvalue weighted by Gasteiger charge is 2.29. The molecule has 0 aromatic heterocycles. The number of hydrogen-bond donors (Lipinski definition) is 0. The van der Waals surface area contributed by atoms with Gasteiger partial charge in [0.1, 0.15) is 11.6 Å². The number of ether oxygens (including phenoxy) is 1. The van der Waals surface area contributed by atoms with Gasteiger partial charge in [0, 0.05) is 11.6 Å². The Bertz CT molecular complexity index is 814. The molecule has 1 aliphatic rings. The van der Waals surface area contributed by atoms with Crippen molar-refractivity contribution >= 4 is 11.8 Å². The Kier molecular flexibility index (Phi) is 4.42. The smallest absolute Gasteiger partial charge is 0.337 e. The number of benzene rings is 2. The third-order valence-electron chi connectivity index (χ3n) is 4.39. The van der Waals surface area contributed by atoms with Crippen LogP contribution in [0, 0.1) is 11.6 Å². The van der Waals surface area contributed by atoms with Gasteiger partial charge in [-0.15, -0.1) is 0 Å². The van der Waals surface area contributed by atoms with Gasteiger partial charge in [-0.1, -0.05) is 12.1 Å². The Morgan fingerprint density at radius 3 is 2.67 bits per heavy atom. The van der Waals surface area contributed by atoms with Gasteiger partial charge in [-0.25, -0.2) is 13.6 Å². The van der Waals surface area contributed by atoms with Crippen LogP contribution in [0.5, 0.6) is 0 Å². The summed E-state index contributed by atoms with van der Waals surface area (Å²) in [6, 6.07) is 8.08. The van der Waals surface area contributed by atoms with Crippen LogP contribution in [0.1, 0.15) is 50.6 Å². The summed E-state index contributed by atoms with van der Waals surface area (Å²) in [6.45, 7) is 0. The van der Waals surface area contributed by atoms with Crippen LogP contribution in [0.3, 0.4) is 0 Å². The van der Waals surface area contributed by atoms with Gasteiger partial charge >= 0.3 is 5.97 Å². The number of rotatable bonds is 2. The first-order valence-corrected chi connectivity index (χ1v) is 7.71. The van der Waals surface area contributed by atoms with E-state index in [1.165, 1.54) is 19.2 Å². The number of ketones is 1. The molecule has 0 aliphatic heterocycles. The topological polar surface area (TPSA) is 43.4 Å². The highest BCUT2D eigenvalue weighted by Crippen LogP contribution is 2.33. The van der Waals surface area contributed by atoms with Crippen molar-refractivity contribution in [2.45, 2.75) is 25.2 Å². The van der Waals surface area contributed by atoms with E-state index in [-0.39, 0.29) is 11.3 Å². The molecule has 2 aromatic carbocycles. The maximum atomic E-state index is 14.1. The lowest BCUT2D eigenvalue weighted by Crippen LogP contribution is -2.14. The summed E-state index contributed by atoms with van der Waals surface area (Å²) in [5, 5.41) is 0. The van der Waals surface area contributed by atoms with Crippen LogP contribution in [-0.2, 0) is 11.2 Å². The summed E-state index contributed by atoms with van der Waals surface area (Å²) in [5.41, 5.74) is 1.84. The number of methoxy groups -OCH3 is 1. The van der Waals surface area contributed by atoms with Crippen molar-refractivity contribution < 1.29 is 23.1 Å². The Morgan fingerprint density at radius 2 is 1.96 bits per heavy atom. The summed E-state index contributed by atoms with van der Waals surface area (Å²) >= 11 is 0. The van der Waals surface area contributed by atoms with Gasteiger partial charge < -0.3 is 4.74 Å². The van der Waals surface area contributed by atoms with Gasteiger partial charge in [0.05, 0.1) is 18.6 Å². The number of carbonyl (C=O) groups excluding carboxylic acids is 2. The van der Waals surface area contributed by atoms with Crippen molar-refractivity contribution in [3.05, 3.63) is 70.3 Å². The molecule has 0 spiro atoms. The molecule has 24 heavy (non-hydrogen) atoms. The number of aryl methyl sites for hydroxylation is 1. The van der Waals surface area contributed by atoms with Gasteiger partial charge in [-0.3, -0.25) is 4.79 Å². The van der Waals surface area contributed by atoms with Crippen LogP contribution in [0.2, 0.25) is 0 Å². The molecule has 1 unspecified atom stereocenters. The molecule has 0 amide bonds. The van der Waals surface area contributed by atoms with Gasteiger partial charge in [-0.2, -0.15) is 0 Å². The predicted molar refractivity (Wildman–Crippen MR) is 84.1 cm³/mol. The molecule has 3 nitrogen and oxygen atoms in total. The van der Waals surface area contributed by atoms with Crippen LogP contribution < -0.4 is 0 Å². The summed E-state index contributed by atoms with van der Waals surface area (Å²) in [4.78, 5) is 24.5. The Hall–Kier alpha value is -2.56.